The molecule has 0 unspecified atom stereocenters. The third-order valence-electron chi connectivity index (χ3n) is 3.55. The highest BCUT2D eigenvalue weighted by Crippen LogP contribution is 2.27. The summed E-state index contributed by atoms with van der Waals surface area (Å²) in [7, 11) is -1.83. The minimum Gasteiger partial charge on any atom is -0.317 e. The van der Waals surface area contributed by atoms with Gasteiger partial charge >= 0.3 is 0 Å². The maximum Gasteiger partial charge on any atom is 0.257 e. The minimum atomic E-state index is -3.46. The van der Waals surface area contributed by atoms with Crippen LogP contribution in [0.4, 0.5) is 0 Å². The maximum absolute atomic E-state index is 12.1. The Balaban J connectivity index is 2.03. The predicted octanol–water partition coefficient (Wildman–Crippen LogP) is 0.0881. The summed E-state index contributed by atoms with van der Waals surface area (Å²) in [6.07, 6.45) is 3.46. The first-order valence-corrected chi connectivity index (χ1v) is 7.60. The van der Waals surface area contributed by atoms with E-state index in [1.54, 1.807) is 7.05 Å². The van der Waals surface area contributed by atoms with Crippen LogP contribution in [-0.2, 0) is 17.1 Å². The van der Waals surface area contributed by atoms with Crippen LogP contribution in [0.5, 0.6) is 0 Å². The Morgan fingerprint density at radius 2 is 2.17 bits per heavy atom. The first-order valence-electron chi connectivity index (χ1n) is 6.11. The zero-order chi connectivity index (χ0) is 13.2. The zero-order valence-electron chi connectivity index (χ0n) is 10.8. The number of rotatable bonds is 4. The molecule has 2 rings (SSSR count). The second-order valence-electron chi connectivity index (χ2n) is 5.18. The summed E-state index contributed by atoms with van der Waals surface area (Å²) in [6.45, 7) is 4.50. The molecule has 0 bridgehead atoms. The van der Waals surface area contributed by atoms with Gasteiger partial charge < -0.3 is 5.32 Å². The van der Waals surface area contributed by atoms with Crippen molar-refractivity contribution in [1.82, 2.24) is 19.8 Å². The molecule has 7 heteroatoms. The van der Waals surface area contributed by atoms with E-state index in [4.69, 9.17) is 0 Å². The van der Waals surface area contributed by atoms with Crippen molar-refractivity contribution in [2.75, 3.05) is 19.6 Å². The lowest BCUT2D eigenvalue weighted by Crippen LogP contribution is -2.43. The summed E-state index contributed by atoms with van der Waals surface area (Å²) in [4.78, 5) is 0. The van der Waals surface area contributed by atoms with Crippen LogP contribution in [0.3, 0.4) is 0 Å². The molecule has 1 aromatic heterocycles. The summed E-state index contributed by atoms with van der Waals surface area (Å²) >= 11 is 0. The third-order valence-corrected chi connectivity index (χ3v) is 5.03. The molecule has 1 aliphatic rings. The van der Waals surface area contributed by atoms with Crippen molar-refractivity contribution < 1.29 is 8.42 Å². The molecule has 18 heavy (non-hydrogen) atoms. The molecule has 0 saturated carbocycles. The van der Waals surface area contributed by atoms with Crippen LogP contribution >= 0.6 is 0 Å². The molecule has 6 nitrogen and oxygen atoms in total. The summed E-state index contributed by atoms with van der Waals surface area (Å²) in [5, 5.41) is 7.37. The highest BCUT2D eigenvalue weighted by atomic mass is 32.2. The Morgan fingerprint density at radius 3 is 2.72 bits per heavy atom. The highest BCUT2D eigenvalue weighted by molar-refractivity contribution is 7.89. The topological polar surface area (TPSA) is 76.0 Å². The van der Waals surface area contributed by atoms with Gasteiger partial charge in [0, 0.05) is 13.6 Å². The third kappa shape index (κ3) is 2.90. The first-order chi connectivity index (χ1) is 8.43. The van der Waals surface area contributed by atoms with Crippen molar-refractivity contribution >= 4 is 10.0 Å². The number of aromatic nitrogens is 2. The number of hydrogen-bond donors (Lipinski definition) is 2. The largest absolute Gasteiger partial charge is 0.317 e. The van der Waals surface area contributed by atoms with Gasteiger partial charge in [0.2, 0.25) is 0 Å². The van der Waals surface area contributed by atoms with Crippen LogP contribution in [0.1, 0.15) is 19.8 Å². The minimum absolute atomic E-state index is 0.0386. The molecular formula is C11H20N4O2S. The van der Waals surface area contributed by atoms with Gasteiger partial charge in [0.25, 0.3) is 10.0 Å². The van der Waals surface area contributed by atoms with Gasteiger partial charge in [-0.05, 0) is 37.4 Å². The van der Waals surface area contributed by atoms with Gasteiger partial charge in [0.05, 0.1) is 6.20 Å². The molecule has 2 heterocycles. The van der Waals surface area contributed by atoms with Crippen molar-refractivity contribution in [3.05, 3.63) is 12.3 Å². The second-order valence-corrected chi connectivity index (χ2v) is 6.89. The van der Waals surface area contributed by atoms with Crippen LogP contribution in [-0.4, -0.2) is 37.8 Å². The summed E-state index contributed by atoms with van der Waals surface area (Å²) in [5.41, 5.74) is 0.0386. The van der Waals surface area contributed by atoms with Gasteiger partial charge in [0.1, 0.15) is 0 Å². The van der Waals surface area contributed by atoms with Gasteiger partial charge in [-0.25, -0.2) is 13.1 Å². The van der Waals surface area contributed by atoms with Crippen molar-refractivity contribution in [3.63, 3.8) is 0 Å². The summed E-state index contributed by atoms with van der Waals surface area (Å²) in [5.74, 6) is 0. The monoisotopic (exact) mass is 272 g/mol. The van der Waals surface area contributed by atoms with Crippen molar-refractivity contribution in [2.45, 2.75) is 24.8 Å². The lowest BCUT2D eigenvalue weighted by atomic mass is 9.81. The standard InChI is InChI=1S/C11H20N4O2S/c1-11(4-7-12-8-5-11)9-14-18(16,17)10-3-6-13-15(10)2/h3,6,12,14H,4-5,7-9H2,1-2H3. The van der Waals surface area contributed by atoms with E-state index in [2.05, 4.69) is 22.1 Å². The van der Waals surface area contributed by atoms with E-state index in [1.807, 2.05) is 0 Å². The maximum atomic E-state index is 12.1. The predicted molar refractivity (Wildman–Crippen MR) is 68.6 cm³/mol. The smallest absolute Gasteiger partial charge is 0.257 e. The Kier molecular flexibility index (Phi) is 3.74. The van der Waals surface area contributed by atoms with Gasteiger partial charge in [-0.3, -0.25) is 4.68 Å². The van der Waals surface area contributed by atoms with Crippen LogP contribution in [0.25, 0.3) is 0 Å². The molecule has 2 N–H and O–H groups in total. The van der Waals surface area contributed by atoms with Gasteiger partial charge in [-0.15, -0.1) is 0 Å². The normalized spacial score (nSPS) is 19.9. The second kappa shape index (κ2) is 4.99. The lowest BCUT2D eigenvalue weighted by molar-refractivity contribution is 0.232. The fraction of sp³-hybridized carbons (Fsp3) is 0.727. The average molecular weight is 272 g/mol. The number of sulfonamides is 1. The average Bonchev–Trinajstić information content (AvgIpc) is 2.75. The highest BCUT2D eigenvalue weighted by Gasteiger charge is 2.29. The van der Waals surface area contributed by atoms with E-state index in [9.17, 15) is 8.42 Å². The molecule has 0 aromatic carbocycles. The number of piperidine rings is 1. The number of nitrogens with one attached hydrogen (secondary N) is 2. The molecule has 0 spiro atoms. The van der Waals surface area contributed by atoms with Gasteiger partial charge in [-0.2, -0.15) is 5.10 Å². The van der Waals surface area contributed by atoms with Crippen molar-refractivity contribution in [1.29, 1.82) is 0 Å². The molecule has 0 radical (unpaired) electrons. The molecule has 1 saturated heterocycles. The van der Waals surface area contributed by atoms with Crippen molar-refractivity contribution in [2.24, 2.45) is 12.5 Å². The molecule has 0 aliphatic carbocycles. The van der Waals surface area contributed by atoms with E-state index in [1.165, 1.54) is 16.9 Å². The van der Waals surface area contributed by atoms with Gasteiger partial charge in [-0.1, -0.05) is 6.92 Å². The molecule has 102 valence electrons. The van der Waals surface area contributed by atoms with Crippen LogP contribution < -0.4 is 10.0 Å². The summed E-state index contributed by atoms with van der Waals surface area (Å²) in [6, 6.07) is 1.51. The fourth-order valence-corrected chi connectivity index (χ4v) is 3.50. The van der Waals surface area contributed by atoms with Crippen LogP contribution in [0.2, 0.25) is 0 Å². The molecule has 1 aromatic rings. The number of aryl methyl sites for hydroxylation is 1. The van der Waals surface area contributed by atoms with Gasteiger partial charge in [0.15, 0.2) is 5.03 Å². The zero-order valence-corrected chi connectivity index (χ0v) is 11.6. The number of hydrogen-bond acceptors (Lipinski definition) is 4. The Morgan fingerprint density at radius 1 is 1.50 bits per heavy atom. The Bertz CT molecular complexity index is 503. The molecular weight excluding hydrogens is 252 g/mol. The fourth-order valence-electron chi connectivity index (χ4n) is 2.18. The van der Waals surface area contributed by atoms with Crippen LogP contribution in [0.15, 0.2) is 17.3 Å². The van der Waals surface area contributed by atoms with Crippen molar-refractivity contribution in [3.8, 4) is 0 Å². The van der Waals surface area contributed by atoms with E-state index in [0.717, 1.165) is 25.9 Å². The lowest BCUT2D eigenvalue weighted by Gasteiger charge is -2.34. The van der Waals surface area contributed by atoms with E-state index < -0.39 is 10.0 Å². The van der Waals surface area contributed by atoms with E-state index >= 15 is 0 Å². The van der Waals surface area contributed by atoms with E-state index in [0.29, 0.717) is 6.54 Å². The molecule has 0 amide bonds. The van der Waals surface area contributed by atoms with Crippen LogP contribution in [0, 0.1) is 5.41 Å². The molecule has 1 aliphatic heterocycles. The summed E-state index contributed by atoms with van der Waals surface area (Å²) < 4.78 is 28.3. The molecule has 1 fully saturated rings. The SMILES string of the molecule is Cn1nccc1S(=O)(=O)NCC1(C)CCNCC1. The van der Waals surface area contributed by atoms with E-state index in [-0.39, 0.29) is 10.4 Å². The quantitative estimate of drug-likeness (QED) is 0.814. The number of nitrogens with zero attached hydrogens (tertiary/aromatic N) is 2. The molecule has 0 atom stereocenters. The first kappa shape index (κ1) is 13.5. The Labute approximate surface area is 108 Å². The Hall–Kier alpha value is -0.920.